The lowest BCUT2D eigenvalue weighted by Crippen LogP contribution is -2.00. The summed E-state index contributed by atoms with van der Waals surface area (Å²) in [5.41, 5.74) is 0. The van der Waals surface area contributed by atoms with Gasteiger partial charge in [-0.25, -0.2) is 4.39 Å². The van der Waals surface area contributed by atoms with Gasteiger partial charge in [0.1, 0.15) is 5.75 Å². The van der Waals surface area contributed by atoms with Gasteiger partial charge in [0.05, 0.1) is 13.2 Å². The number of ether oxygens (including phenoxy) is 2. The molecule has 0 aromatic heterocycles. The minimum Gasteiger partial charge on any atom is -0.494 e. The van der Waals surface area contributed by atoms with Gasteiger partial charge in [0.2, 0.25) is 0 Å². The van der Waals surface area contributed by atoms with Crippen molar-refractivity contribution < 1.29 is 13.9 Å². The van der Waals surface area contributed by atoms with Gasteiger partial charge >= 0.3 is 0 Å². The first-order valence-electron chi connectivity index (χ1n) is 13.1. The Morgan fingerprint density at radius 1 is 0.576 bits per heavy atom. The zero-order valence-corrected chi connectivity index (χ0v) is 20.6. The largest absolute Gasteiger partial charge is 0.494 e. The molecule has 0 fully saturated rings. The second-order valence-corrected chi connectivity index (χ2v) is 9.15. The van der Waals surface area contributed by atoms with E-state index in [1.54, 1.807) is 6.07 Å². The van der Waals surface area contributed by atoms with Gasteiger partial charge in [0.25, 0.3) is 0 Å². The summed E-state index contributed by atoms with van der Waals surface area (Å²) < 4.78 is 26.8. The van der Waals surface area contributed by atoms with Crippen molar-refractivity contribution in [2.24, 2.45) is 0 Å². The molecule has 33 heavy (non-hydrogen) atoms. The average Bonchev–Trinajstić information content (AvgIpc) is 2.84. The minimum absolute atomic E-state index is 0.262. The molecular formula is C30H41FO2. The van der Waals surface area contributed by atoms with Crippen molar-refractivity contribution in [2.75, 3.05) is 13.2 Å². The van der Waals surface area contributed by atoms with Gasteiger partial charge < -0.3 is 9.47 Å². The Kier molecular flexibility index (Phi) is 10.8. The van der Waals surface area contributed by atoms with Gasteiger partial charge in [-0.3, -0.25) is 0 Å². The molecule has 0 aliphatic heterocycles. The average molecular weight is 453 g/mol. The highest BCUT2D eigenvalue weighted by Crippen LogP contribution is 2.33. The highest BCUT2D eigenvalue weighted by Gasteiger charge is 2.11. The van der Waals surface area contributed by atoms with E-state index in [-0.39, 0.29) is 5.82 Å². The Balaban J connectivity index is 1.56. The first-order valence-corrected chi connectivity index (χ1v) is 13.1. The molecule has 0 spiro atoms. The van der Waals surface area contributed by atoms with Crippen molar-refractivity contribution >= 4 is 21.5 Å². The Bertz CT molecular complexity index is 982. The molecule has 0 bridgehead atoms. The molecule has 0 heterocycles. The van der Waals surface area contributed by atoms with E-state index in [9.17, 15) is 0 Å². The lowest BCUT2D eigenvalue weighted by Gasteiger charge is -2.12. The van der Waals surface area contributed by atoms with Crippen LogP contribution in [-0.4, -0.2) is 13.2 Å². The summed E-state index contributed by atoms with van der Waals surface area (Å²) in [7, 11) is 0. The van der Waals surface area contributed by atoms with Crippen LogP contribution in [0.5, 0.6) is 11.5 Å². The van der Waals surface area contributed by atoms with Crippen LogP contribution in [-0.2, 0) is 0 Å². The lowest BCUT2D eigenvalue weighted by atomic mass is 10.0. The summed E-state index contributed by atoms with van der Waals surface area (Å²) >= 11 is 0. The van der Waals surface area contributed by atoms with Crippen LogP contribution in [0.15, 0.2) is 42.5 Å². The van der Waals surface area contributed by atoms with Crippen molar-refractivity contribution in [3.63, 3.8) is 0 Å². The molecule has 0 aliphatic rings. The molecule has 0 radical (unpaired) electrons. The van der Waals surface area contributed by atoms with Crippen LogP contribution >= 0.6 is 0 Å². The molecule has 3 heteroatoms. The Morgan fingerprint density at radius 2 is 1.15 bits per heavy atom. The summed E-state index contributed by atoms with van der Waals surface area (Å²) in [5.74, 6) is 0.977. The lowest BCUT2D eigenvalue weighted by molar-refractivity contribution is 0.291. The molecule has 180 valence electrons. The third-order valence-corrected chi connectivity index (χ3v) is 6.41. The first-order chi connectivity index (χ1) is 16.2. The third kappa shape index (κ3) is 7.62. The van der Waals surface area contributed by atoms with E-state index in [1.807, 2.05) is 30.3 Å². The molecule has 3 rings (SSSR count). The number of fused-ring (bicyclic) bond motifs is 3. The summed E-state index contributed by atoms with van der Waals surface area (Å²) in [4.78, 5) is 0. The Morgan fingerprint density at radius 3 is 1.85 bits per heavy atom. The van der Waals surface area contributed by atoms with Crippen LogP contribution in [0, 0.1) is 5.82 Å². The number of benzene rings is 3. The molecule has 0 unspecified atom stereocenters. The summed E-state index contributed by atoms with van der Waals surface area (Å²) in [6, 6.07) is 13.7. The van der Waals surface area contributed by atoms with Crippen LogP contribution < -0.4 is 9.47 Å². The number of hydrogen-bond donors (Lipinski definition) is 0. The van der Waals surface area contributed by atoms with E-state index < -0.39 is 0 Å². The zero-order valence-electron chi connectivity index (χ0n) is 20.6. The molecular weight excluding hydrogens is 411 g/mol. The topological polar surface area (TPSA) is 18.5 Å². The van der Waals surface area contributed by atoms with Crippen LogP contribution in [0.4, 0.5) is 4.39 Å². The van der Waals surface area contributed by atoms with Gasteiger partial charge in [-0.2, -0.15) is 0 Å². The molecule has 0 saturated heterocycles. The second-order valence-electron chi connectivity index (χ2n) is 9.15. The van der Waals surface area contributed by atoms with Crippen LogP contribution in [0.1, 0.15) is 90.9 Å². The summed E-state index contributed by atoms with van der Waals surface area (Å²) in [5, 5.41) is 3.64. The van der Waals surface area contributed by atoms with Crippen LogP contribution in [0.25, 0.3) is 21.5 Å². The molecule has 0 amide bonds. The smallest absolute Gasteiger partial charge is 0.172 e. The van der Waals surface area contributed by atoms with E-state index in [0.29, 0.717) is 17.7 Å². The maximum absolute atomic E-state index is 15.1. The summed E-state index contributed by atoms with van der Waals surface area (Å²) in [6.07, 6.45) is 14.7. The monoisotopic (exact) mass is 452 g/mol. The van der Waals surface area contributed by atoms with Gasteiger partial charge in [0, 0.05) is 5.39 Å². The molecule has 3 aromatic carbocycles. The van der Waals surface area contributed by atoms with Crippen molar-refractivity contribution in [2.45, 2.75) is 90.9 Å². The molecule has 0 saturated carbocycles. The molecule has 0 aliphatic carbocycles. The first kappa shape index (κ1) is 25.3. The predicted molar refractivity (Wildman–Crippen MR) is 139 cm³/mol. The fourth-order valence-corrected chi connectivity index (χ4v) is 4.41. The van der Waals surface area contributed by atoms with E-state index in [1.165, 1.54) is 57.8 Å². The number of rotatable bonds is 16. The quantitative estimate of drug-likeness (QED) is 0.159. The maximum Gasteiger partial charge on any atom is 0.172 e. The molecule has 0 atom stereocenters. The van der Waals surface area contributed by atoms with Crippen molar-refractivity contribution in [1.82, 2.24) is 0 Å². The fourth-order valence-electron chi connectivity index (χ4n) is 4.41. The van der Waals surface area contributed by atoms with Gasteiger partial charge in [-0.1, -0.05) is 96.3 Å². The summed E-state index contributed by atoms with van der Waals surface area (Å²) in [6.45, 7) is 5.77. The van der Waals surface area contributed by atoms with Gasteiger partial charge in [0.15, 0.2) is 11.6 Å². The number of hydrogen-bond acceptors (Lipinski definition) is 2. The van der Waals surface area contributed by atoms with Crippen LogP contribution in [0.2, 0.25) is 0 Å². The van der Waals surface area contributed by atoms with E-state index >= 15 is 4.39 Å². The second kappa shape index (κ2) is 14.1. The van der Waals surface area contributed by atoms with Crippen molar-refractivity contribution in [1.29, 1.82) is 0 Å². The van der Waals surface area contributed by atoms with E-state index in [2.05, 4.69) is 19.9 Å². The maximum atomic E-state index is 15.1. The fraction of sp³-hybridized carbons (Fsp3) is 0.533. The normalized spacial score (nSPS) is 11.4. The van der Waals surface area contributed by atoms with Crippen molar-refractivity contribution in [3.8, 4) is 11.5 Å². The van der Waals surface area contributed by atoms with Gasteiger partial charge in [-0.15, -0.1) is 0 Å². The Labute approximate surface area is 199 Å². The molecule has 2 nitrogen and oxygen atoms in total. The third-order valence-electron chi connectivity index (χ3n) is 6.41. The van der Waals surface area contributed by atoms with Crippen molar-refractivity contribution in [3.05, 3.63) is 48.3 Å². The SMILES string of the molecule is CCCCCCCCCOc1ccc2c(ccc3c(F)c(OCCCCCCC)ccc32)c1. The van der Waals surface area contributed by atoms with Gasteiger partial charge in [-0.05, 0) is 53.3 Å². The highest BCUT2D eigenvalue weighted by molar-refractivity contribution is 6.08. The minimum atomic E-state index is -0.262. The zero-order chi connectivity index (χ0) is 23.3. The van der Waals surface area contributed by atoms with E-state index in [4.69, 9.17) is 9.47 Å². The highest BCUT2D eigenvalue weighted by atomic mass is 19.1. The predicted octanol–water partition coefficient (Wildman–Crippen LogP) is 9.61. The van der Waals surface area contributed by atoms with E-state index in [0.717, 1.165) is 47.8 Å². The number of halogens is 1. The number of unbranched alkanes of at least 4 members (excludes halogenated alkanes) is 10. The standard InChI is InChI=1S/C30H41FO2/c1-3-5-7-9-10-12-13-21-32-25-16-18-26-24(23-25)15-17-28-27(26)19-20-29(30(28)31)33-22-14-11-8-6-4-2/h15-20,23H,3-14,21-22H2,1-2H3. The molecule has 0 N–H and O–H groups in total. The Hall–Kier alpha value is -2.29. The van der Waals surface area contributed by atoms with Crippen LogP contribution in [0.3, 0.4) is 0 Å². The molecule has 3 aromatic rings.